The lowest BCUT2D eigenvalue weighted by Gasteiger charge is -2.36. The second-order valence-corrected chi connectivity index (χ2v) is 9.31. The Hall–Kier alpha value is -0.900. The van der Waals surface area contributed by atoms with Crippen molar-refractivity contribution in [2.45, 2.75) is 59.2 Å². The summed E-state index contributed by atoms with van der Waals surface area (Å²) in [5.74, 6) is 0.748. The van der Waals surface area contributed by atoms with Gasteiger partial charge in [-0.05, 0) is 33.6 Å². The van der Waals surface area contributed by atoms with Gasteiger partial charge in [0, 0.05) is 32.7 Å². The van der Waals surface area contributed by atoms with Crippen molar-refractivity contribution >= 4 is 16.0 Å². The van der Waals surface area contributed by atoms with E-state index in [4.69, 9.17) is 4.74 Å². The van der Waals surface area contributed by atoms with Crippen molar-refractivity contribution in [3.63, 3.8) is 0 Å². The number of aliphatic hydroxyl groups is 1. The van der Waals surface area contributed by atoms with E-state index in [1.54, 1.807) is 0 Å². The number of piperazine rings is 1. The van der Waals surface area contributed by atoms with Crippen LogP contribution >= 0.6 is 0 Å². The van der Waals surface area contributed by atoms with Crippen molar-refractivity contribution < 1.29 is 18.3 Å². The van der Waals surface area contributed by atoms with Crippen molar-refractivity contribution in [3.8, 4) is 0 Å². The fourth-order valence-corrected chi connectivity index (χ4v) is 4.10. The molecule has 0 aromatic carbocycles. The molecule has 0 aromatic heterocycles. The standard InChI is InChI=1S/C18H38N4O4S/c1-6-18(23,7-2)15-20-17(19-8-3)21-9-11-22(12-10-21)27(24,25)14-13-26-16(4)5/h16,23H,6-15H2,1-5H3,(H,19,20). The molecule has 1 saturated heterocycles. The number of aliphatic imine (C=N–C) groups is 1. The second-order valence-electron chi connectivity index (χ2n) is 7.22. The van der Waals surface area contributed by atoms with Crippen LogP contribution in [-0.4, -0.2) is 92.0 Å². The monoisotopic (exact) mass is 406 g/mol. The number of rotatable bonds is 10. The summed E-state index contributed by atoms with van der Waals surface area (Å²) in [6.07, 6.45) is 1.33. The van der Waals surface area contributed by atoms with Gasteiger partial charge in [0.1, 0.15) is 0 Å². The van der Waals surface area contributed by atoms with E-state index in [2.05, 4.69) is 15.2 Å². The highest BCUT2D eigenvalue weighted by Crippen LogP contribution is 2.15. The topological polar surface area (TPSA) is 94.5 Å². The third kappa shape index (κ3) is 7.93. The third-order valence-corrected chi connectivity index (χ3v) is 6.73. The summed E-state index contributed by atoms with van der Waals surface area (Å²) in [6.45, 7) is 13.0. The Morgan fingerprint density at radius 2 is 1.78 bits per heavy atom. The summed E-state index contributed by atoms with van der Waals surface area (Å²) in [7, 11) is -3.30. The summed E-state index contributed by atoms with van der Waals surface area (Å²) in [5, 5.41) is 13.7. The smallest absolute Gasteiger partial charge is 0.216 e. The van der Waals surface area contributed by atoms with Gasteiger partial charge in [-0.2, -0.15) is 4.31 Å². The number of hydrogen-bond acceptors (Lipinski definition) is 5. The number of sulfonamides is 1. The first-order valence-electron chi connectivity index (χ1n) is 10.0. The van der Waals surface area contributed by atoms with Gasteiger partial charge >= 0.3 is 0 Å². The van der Waals surface area contributed by atoms with E-state index < -0.39 is 15.6 Å². The molecule has 2 N–H and O–H groups in total. The largest absolute Gasteiger partial charge is 0.388 e. The van der Waals surface area contributed by atoms with Gasteiger partial charge in [0.25, 0.3) is 0 Å². The molecule has 1 aliphatic heterocycles. The van der Waals surface area contributed by atoms with Crippen LogP contribution in [0.4, 0.5) is 0 Å². The zero-order valence-electron chi connectivity index (χ0n) is 17.6. The Morgan fingerprint density at radius 3 is 2.26 bits per heavy atom. The average Bonchev–Trinajstić information content (AvgIpc) is 2.64. The van der Waals surface area contributed by atoms with Crippen LogP contribution in [-0.2, 0) is 14.8 Å². The molecule has 0 bridgehead atoms. The Bertz CT molecular complexity index is 554. The van der Waals surface area contributed by atoms with Gasteiger partial charge in [-0.25, -0.2) is 8.42 Å². The fraction of sp³-hybridized carbons (Fsp3) is 0.944. The van der Waals surface area contributed by atoms with Gasteiger partial charge in [0.15, 0.2) is 5.96 Å². The molecule has 0 saturated carbocycles. The summed E-state index contributed by atoms with van der Waals surface area (Å²) >= 11 is 0. The summed E-state index contributed by atoms with van der Waals surface area (Å²) in [5.41, 5.74) is -0.789. The molecular formula is C18H38N4O4S. The molecule has 0 radical (unpaired) electrons. The molecule has 8 nitrogen and oxygen atoms in total. The lowest BCUT2D eigenvalue weighted by Crippen LogP contribution is -2.54. The maximum Gasteiger partial charge on any atom is 0.216 e. The molecule has 1 rings (SSSR count). The maximum atomic E-state index is 12.5. The number of guanidine groups is 1. The summed E-state index contributed by atoms with van der Waals surface area (Å²) in [6, 6.07) is 0. The van der Waals surface area contributed by atoms with Crippen molar-refractivity contribution in [2.75, 3.05) is 51.6 Å². The van der Waals surface area contributed by atoms with Crippen molar-refractivity contribution in [2.24, 2.45) is 4.99 Å². The van der Waals surface area contributed by atoms with Gasteiger partial charge in [-0.15, -0.1) is 0 Å². The van der Waals surface area contributed by atoms with Crippen LogP contribution in [0.1, 0.15) is 47.5 Å². The fourth-order valence-electron chi connectivity index (χ4n) is 2.82. The molecule has 0 spiro atoms. The minimum atomic E-state index is -3.30. The maximum absolute atomic E-state index is 12.5. The van der Waals surface area contributed by atoms with Crippen LogP contribution in [0.15, 0.2) is 4.99 Å². The van der Waals surface area contributed by atoms with E-state index >= 15 is 0 Å². The average molecular weight is 407 g/mol. The van der Waals surface area contributed by atoms with Gasteiger partial charge < -0.3 is 20.1 Å². The molecule has 0 amide bonds. The Labute approximate surface area is 165 Å². The third-order valence-electron chi connectivity index (χ3n) is 4.90. The lowest BCUT2D eigenvalue weighted by molar-refractivity contribution is 0.0415. The van der Waals surface area contributed by atoms with Crippen LogP contribution in [0.5, 0.6) is 0 Å². The molecule has 1 aliphatic rings. The quantitative estimate of drug-likeness (QED) is 0.413. The molecule has 0 aromatic rings. The van der Waals surface area contributed by atoms with Crippen LogP contribution in [0.2, 0.25) is 0 Å². The first-order chi connectivity index (χ1) is 12.7. The summed E-state index contributed by atoms with van der Waals surface area (Å²) in [4.78, 5) is 6.66. The number of ether oxygens (including phenoxy) is 1. The van der Waals surface area contributed by atoms with E-state index in [9.17, 15) is 13.5 Å². The van der Waals surface area contributed by atoms with Crippen LogP contribution < -0.4 is 5.32 Å². The van der Waals surface area contributed by atoms with Gasteiger partial charge in [0.2, 0.25) is 10.0 Å². The van der Waals surface area contributed by atoms with E-state index in [1.165, 1.54) is 4.31 Å². The van der Waals surface area contributed by atoms with E-state index in [0.717, 1.165) is 12.5 Å². The van der Waals surface area contributed by atoms with Crippen LogP contribution in [0.25, 0.3) is 0 Å². The molecule has 1 fully saturated rings. The van der Waals surface area contributed by atoms with Crippen LogP contribution in [0.3, 0.4) is 0 Å². The highest BCUT2D eigenvalue weighted by molar-refractivity contribution is 7.89. The minimum absolute atomic E-state index is 0.0133. The van der Waals surface area contributed by atoms with E-state index in [0.29, 0.717) is 45.6 Å². The van der Waals surface area contributed by atoms with Crippen molar-refractivity contribution in [1.82, 2.24) is 14.5 Å². The lowest BCUT2D eigenvalue weighted by atomic mass is 9.98. The van der Waals surface area contributed by atoms with Crippen molar-refractivity contribution in [3.05, 3.63) is 0 Å². The first kappa shape index (κ1) is 24.1. The normalized spacial score (nSPS) is 17.6. The summed E-state index contributed by atoms with van der Waals surface area (Å²) < 4.78 is 31.8. The van der Waals surface area contributed by atoms with Gasteiger partial charge in [-0.1, -0.05) is 13.8 Å². The minimum Gasteiger partial charge on any atom is -0.388 e. The molecule has 0 unspecified atom stereocenters. The Kier molecular flexibility index (Phi) is 10.0. The second kappa shape index (κ2) is 11.2. The molecule has 0 aliphatic carbocycles. The Balaban J connectivity index is 2.66. The molecule has 27 heavy (non-hydrogen) atoms. The van der Waals surface area contributed by atoms with E-state index in [1.807, 2.05) is 34.6 Å². The van der Waals surface area contributed by atoms with Gasteiger partial charge in [0.05, 0.1) is 30.6 Å². The highest BCUT2D eigenvalue weighted by atomic mass is 32.2. The SMILES string of the molecule is CCNC(=NCC(O)(CC)CC)N1CCN(S(=O)(=O)CCOC(C)C)CC1. The number of nitrogens with zero attached hydrogens (tertiary/aromatic N) is 3. The van der Waals surface area contributed by atoms with Gasteiger partial charge in [-0.3, -0.25) is 4.99 Å². The first-order valence-corrected chi connectivity index (χ1v) is 11.6. The Morgan fingerprint density at radius 1 is 1.19 bits per heavy atom. The predicted octanol–water partition coefficient (Wildman–Crippen LogP) is 0.875. The zero-order chi connectivity index (χ0) is 20.5. The van der Waals surface area contributed by atoms with Crippen LogP contribution in [0, 0.1) is 0 Å². The molecule has 0 atom stereocenters. The number of hydrogen-bond donors (Lipinski definition) is 2. The zero-order valence-corrected chi connectivity index (χ0v) is 18.4. The van der Waals surface area contributed by atoms with Crippen molar-refractivity contribution in [1.29, 1.82) is 0 Å². The molecule has 160 valence electrons. The highest BCUT2D eigenvalue weighted by Gasteiger charge is 2.29. The molecule has 9 heteroatoms. The van der Waals surface area contributed by atoms with E-state index in [-0.39, 0.29) is 18.5 Å². The molecular weight excluding hydrogens is 368 g/mol. The predicted molar refractivity (Wildman–Crippen MR) is 110 cm³/mol. The molecule has 1 heterocycles. The number of nitrogens with one attached hydrogen (secondary N) is 1.